The Kier molecular flexibility index (Phi) is 8.01. The van der Waals surface area contributed by atoms with Crippen LogP contribution in [0.1, 0.15) is 53.9 Å². The molecule has 2 aliphatic carbocycles. The van der Waals surface area contributed by atoms with Gasteiger partial charge in [0.1, 0.15) is 0 Å². The van der Waals surface area contributed by atoms with E-state index < -0.39 is 6.29 Å². The maximum Gasteiger partial charge on any atom is 0.337 e. The summed E-state index contributed by atoms with van der Waals surface area (Å²) < 4.78 is 21.8. The number of nitrogens with one attached hydrogen (secondary N) is 1. The third-order valence-electron chi connectivity index (χ3n) is 6.86. The first kappa shape index (κ1) is 23.7. The molecule has 4 rings (SSSR count). The Morgan fingerprint density at radius 3 is 2.58 bits per heavy atom. The molecule has 1 aromatic rings. The van der Waals surface area contributed by atoms with Gasteiger partial charge >= 0.3 is 5.97 Å². The van der Waals surface area contributed by atoms with Crippen molar-refractivity contribution >= 4 is 11.9 Å². The summed E-state index contributed by atoms with van der Waals surface area (Å²) in [5, 5.41) is 12.0. The zero-order valence-corrected chi connectivity index (χ0v) is 19.0. The van der Waals surface area contributed by atoms with Gasteiger partial charge in [-0.2, -0.15) is 0 Å². The molecule has 1 aromatic carbocycles. The van der Waals surface area contributed by atoms with Gasteiger partial charge in [0.15, 0.2) is 5.76 Å². The average Bonchev–Trinajstić information content (AvgIpc) is 3.47. The van der Waals surface area contributed by atoms with Crippen LogP contribution in [0.5, 0.6) is 0 Å². The van der Waals surface area contributed by atoms with Gasteiger partial charge in [0.25, 0.3) is 5.91 Å². The largest absolute Gasteiger partial charge is 0.465 e. The van der Waals surface area contributed by atoms with Crippen molar-refractivity contribution in [3.63, 3.8) is 0 Å². The topological polar surface area (TPSA) is 103 Å². The second-order valence-electron chi connectivity index (χ2n) is 9.00. The third kappa shape index (κ3) is 5.93. The second kappa shape index (κ2) is 11.1. The zero-order valence-electron chi connectivity index (χ0n) is 19.0. The van der Waals surface area contributed by atoms with Crippen LogP contribution in [-0.2, 0) is 23.7 Å². The number of hydrogen-bond donors (Lipinski definition) is 2. The highest BCUT2D eigenvalue weighted by Crippen LogP contribution is 2.44. The van der Waals surface area contributed by atoms with Crippen LogP contribution in [0.4, 0.5) is 0 Å². The summed E-state index contributed by atoms with van der Waals surface area (Å²) in [6, 6.07) is 7.39. The molecule has 1 aliphatic heterocycles. The molecular formula is C25H33NO7. The van der Waals surface area contributed by atoms with Crippen LogP contribution in [0.2, 0.25) is 0 Å². The minimum Gasteiger partial charge on any atom is -0.465 e. The maximum atomic E-state index is 13.1. The van der Waals surface area contributed by atoms with E-state index in [9.17, 15) is 9.59 Å². The van der Waals surface area contributed by atoms with Gasteiger partial charge in [-0.1, -0.05) is 18.6 Å². The number of hydrogen-bond acceptors (Lipinski definition) is 7. The molecule has 2 fully saturated rings. The number of benzene rings is 1. The summed E-state index contributed by atoms with van der Waals surface area (Å²) in [5.74, 6) is 0.882. The van der Waals surface area contributed by atoms with E-state index >= 15 is 0 Å². The third-order valence-corrected chi connectivity index (χ3v) is 6.86. The van der Waals surface area contributed by atoms with Crippen LogP contribution in [-0.4, -0.2) is 62.9 Å². The first-order valence-corrected chi connectivity index (χ1v) is 11.7. The predicted molar refractivity (Wildman–Crippen MR) is 119 cm³/mol. The lowest BCUT2D eigenvalue weighted by molar-refractivity contribution is -0.151. The summed E-state index contributed by atoms with van der Waals surface area (Å²) in [4.78, 5) is 24.8. The van der Waals surface area contributed by atoms with Gasteiger partial charge < -0.3 is 29.4 Å². The molecule has 8 nitrogen and oxygen atoms in total. The molecule has 1 amide bonds. The number of fused-ring (bicyclic) bond motifs is 2. The first-order chi connectivity index (χ1) is 16.1. The molecule has 0 spiro atoms. The van der Waals surface area contributed by atoms with Gasteiger partial charge in [0, 0.05) is 18.4 Å². The standard InChI is InChI=1S/C25H33NO7/c1-30-25(29)18-6-4-17(5-7-18)20-14-22(33-23(15-20)32-11-10-31-9-8-27)24(28)26-21-13-16-2-3-19(21)12-16/h4-7,14,16,19-21,23,27H,2-3,8-13,15H2,1H3,(H,26,28). The molecule has 0 radical (unpaired) electrons. The van der Waals surface area contributed by atoms with Crippen molar-refractivity contribution in [2.45, 2.75) is 50.4 Å². The molecule has 0 aromatic heterocycles. The molecule has 2 N–H and O–H groups in total. The SMILES string of the molecule is COC(=O)c1ccc(C2C=C(C(=O)NC3CC4CCC3C4)OC(OCCOCCO)C2)cc1. The van der Waals surface area contributed by atoms with E-state index in [2.05, 4.69) is 5.32 Å². The summed E-state index contributed by atoms with van der Waals surface area (Å²) in [6.07, 6.45) is 6.49. The predicted octanol–water partition coefficient (Wildman–Crippen LogP) is 2.52. The second-order valence-corrected chi connectivity index (χ2v) is 9.00. The van der Waals surface area contributed by atoms with Crippen molar-refractivity contribution < 1.29 is 33.6 Å². The lowest BCUT2D eigenvalue weighted by atomic mass is 9.92. The first-order valence-electron chi connectivity index (χ1n) is 11.7. The minimum absolute atomic E-state index is 0.0420. The number of aliphatic hydroxyl groups is 1. The van der Waals surface area contributed by atoms with E-state index in [1.54, 1.807) is 12.1 Å². The van der Waals surface area contributed by atoms with E-state index in [1.807, 2.05) is 18.2 Å². The van der Waals surface area contributed by atoms with Crippen LogP contribution in [0.3, 0.4) is 0 Å². The van der Waals surface area contributed by atoms with E-state index in [-0.39, 0.29) is 42.8 Å². The van der Waals surface area contributed by atoms with E-state index in [4.69, 9.17) is 24.1 Å². The van der Waals surface area contributed by atoms with E-state index in [0.717, 1.165) is 17.9 Å². The van der Waals surface area contributed by atoms with Gasteiger partial charge in [-0.05, 0) is 54.9 Å². The molecule has 33 heavy (non-hydrogen) atoms. The Balaban J connectivity index is 1.44. The quantitative estimate of drug-likeness (QED) is 0.409. The van der Waals surface area contributed by atoms with Crippen LogP contribution in [0.15, 0.2) is 36.1 Å². The Morgan fingerprint density at radius 1 is 1.09 bits per heavy atom. The minimum atomic E-state index is -0.598. The number of esters is 1. The highest BCUT2D eigenvalue weighted by Gasteiger charge is 2.41. The molecule has 3 aliphatic rings. The van der Waals surface area contributed by atoms with Crippen LogP contribution in [0, 0.1) is 11.8 Å². The molecule has 2 saturated carbocycles. The van der Waals surface area contributed by atoms with Crippen LogP contribution in [0.25, 0.3) is 0 Å². The number of carbonyl (C=O) groups excluding carboxylic acids is 2. The Bertz CT molecular complexity index is 853. The fourth-order valence-corrected chi connectivity index (χ4v) is 5.20. The molecule has 5 atom stereocenters. The molecule has 0 saturated heterocycles. The smallest absolute Gasteiger partial charge is 0.337 e. The Morgan fingerprint density at radius 2 is 1.91 bits per heavy atom. The van der Waals surface area contributed by atoms with Crippen molar-refractivity contribution in [1.82, 2.24) is 5.32 Å². The summed E-state index contributed by atoms with van der Waals surface area (Å²) >= 11 is 0. The molecule has 2 bridgehead atoms. The van der Waals surface area contributed by atoms with Gasteiger partial charge in [0.05, 0.1) is 39.1 Å². The monoisotopic (exact) mass is 459 g/mol. The van der Waals surface area contributed by atoms with Crippen molar-refractivity contribution in [3.8, 4) is 0 Å². The number of amides is 1. The normalized spacial score (nSPS) is 28.2. The summed E-state index contributed by atoms with van der Waals surface area (Å²) in [7, 11) is 1.35. The van der Waals surface area contributed by atoms with Crippen molar-refractivity contribution in [1.29, 1.82) is 0 Å². The summed E-state index contributed by atoms with van der Waals surface area (Å²) in [5.41, 5.74) is 1.43. The number of rotatable bonds is 10. The van der Waals surface area contributed by atoms with Gasteiger partial charge in [-0.15, -0.1) is 0 Å². The van der Waals surface area contributed by atoms with Crippen LogP contribution >= 0.6 is 0 Å². The van der Waals surface area contributed by atoms with Crippen molar-refractivity contribution in [3.05, 3.63) is 47.2 Å². The highest BCUT2D eigenvalue weighted by atomic mass is 16.7. The molecule has 8 heteroatoms. The van der Waals surface area contributed by atoms with Gasteiger partial charge in [-0.3, -0.25) is 4.79 Å². The number of carbonyl (C=O) groups is 2. The van der Waals surface area contributed by atoms with Crippen molar-refractivity contribution in [2.24, 2.45) is 11.8 Å². The Hall–Kier alpha value is -2.42. The zero-order chi connectivity index (χ0) is 23.2. The van der Waals surface area contributed by atoms with E-state index in [1.165, 1.54) is 26.4 Å². The van der Waals surface area contributed by atoms with Crippen LogP contribution < -0.4 is 5.32 Å². The molecule has 180 valence electrons. The number of allylic oxidation sites excluding steroid dienone is 1. The van der Waals surface area contributed by atoms with E-state index in [0.29, 0.717) is 31.1 Å². The molecule has 5 unspecified atom stereocenters. The number of ether oxygens (including phenoxy) is 4. The lowest BCUT2D eigenvalue weighted by Gasteiger charge is -2.30. The highest BCUT2D eigenvalue weighted by molar-refractivity contribution is 5.92. The van der Waals surface area contributed by atoms with Gasteiger partial charge in [-0.25, -0.2) is 4.79 Å². The molecule has 1 heterocycles. The maximum absolute atomic E-state index is 13.1. The average molecular weight is 460 g/mol. The Labute approximate surface area is 194 Å². The molecular weight excluding hydrogens is 426 g/mol. The number of aliphatic hydroxyl groups excluding tert-OH is 1. The fourth-order valence-electron chi connectivity index (χ4n) is 5.20. The van der Waals surface area contributed by atoms with Crippen molar-refractivity contribution in [2.75, 3.05) is 33.5 Å². The lowest BCUT2D eigenvalue weighted by Crippen LogP contribution is -2.41. The van der Waals surface area contributed by atoms with Gasteiger partial charge in [0.2, 0.25) is 6.29 Å². The summed E-state index contributed by atoms with van der Waals surface area (Å²) in [6.45, 7) is 0.829. The number of methoxy groups -OCH3 is 1. The fraction of sp³-hybridized carbons (Fsp3) is 0.600.